The minimum atomic E-state index is -0.448. The second kappa shape index (κ2) is 2.67. The molecule has 0 spiro atoms. The van der Waals surface area contributed by atoms with Crippen molar-refractivity contribution < 1.29 is 5.11 Å². The van der Waals surface area contributed by atoms with Gasteiger partial charge in [0.05, 0.1) is 5.60 Å². The lowest BCUT2D eigenvalue weighted by atomic mass is 10.0. The third-order valence-corrected chi connectivity index (χ3v) is 1.82. The van der Waals surface area contributed by atoms with Gasteiger partial charge in [0.2, 0.25) is 0 Å². The molecule has 1 rings (SSSR count). The van der Waals surface area contributed by atoms with E-state index >= 15 is 0 Å². The Morgan fingerprint density at radius 1 is 1.44 bits per heavy atom. The van der Waals surface area contributed by atoms with E-state index in [0.29, 0.717) is 0 Å². The summed E-state index contributed by atoms with van der Waals surface area (Å²) in [5, 5.41) is 12.7. The van der Waals surface area contributed by atoms with E-state index in [4.69, 9.17) is 0 Å². The first kappa shape index (κ1) is 7.03. The Labute approximate surface area is 56.3 Å². The zero-order chi connectivity index (χ0) is 6.74. The third kappa shape index (κ3) is 2.33. The van der Waals surface area contributed by atoms with E-state index in [2.05, 4.69) is 5.32 Å². The molecule has 0 aromatic carbocycles. The van der Waals surface area contributed by atoms with E-state index in [0.717, 1.165) is 25.9 Å². The number of rotatable bonds is 0. The fourth-order valence-electron chi connectivity index (χ4n) is 1.20. The smallest absolute Gasteiger partial charge is 0.0743 e. The second-order valence-electron chi connectivity index (χ2n) is 3.13. The normalized spacial score (nSPS) is 38.0. The van der Waals surface area contributed by atoms with Gasteiger partial charge in [-0.2, -0.15) is 0 Å². The molecular weight excluding hydrogens is 114 g/mol. The highest BCUT2D eigenvalue weighted by Crippen LogP contribution is 2.14. The first-order chi connectivity index (χ1) is 4.21. The predicted molar refractivity (Wildman–Crippen MR) is 37.3 cm³/mol. The summed E-state index contributed by atoms with van der Waals surface area (Å²) in [7, 11) is 0. The molecule has 1 heterocycles. The van der Waals surface area contributed by atoms with E-state index in [-0.39, 0.29) is 0 Å². The van der Waals surface area contributed by atoms with Crippen molar-refractivity contribution in [3.8, 4) is 0 Å². The van der Waals surface area contributed by atoms with Crippen LogP contribution < -0.4 is 5.32 Å². The quantitative estimate of drug-likeness (QED) is 0.499. The summed E-state index contributed by atoms with van der Waals surface area (Å²) in [6.45, 7) is 3.72. The van der Waals surface area contributed by atoms with Crippen molar-refractivity contribution in [1.29, 1.82) is 0 Å². The molecule has 2 N–H and O–H groups in total. The number of hydrogen-bond donors (Lipinski definition) is 2. The van der Waals surface area contributed by atoms with Crippen LogP contribution in [0.4, 0.5) is 0 Å². The van der Waals surface area contributed by atoms with Crippen LogP contribution in [0.15, 0.2) is 0 Å². The van der Waals surface area contributed by atoms with E-state index in [1.54, 1.807) is 0 Å². The zero-order valence-electron chi connectivity index (χ0n) is 5.98. The van der Waals surface area contributed by atoms with E-state index in [9.17, 15) is 5.11 Å². The summed E-state index contributed by atoms with van der Waals surface area (Å²) < 4.78 is 0. The Kier molecular flexibility index (Phi) is 2.09. The van der Waals surface area contributed by atoms with Gasteiger partial charge in [-0.15, -0.1) is 0 Å². The standard InChI is InChI=1S/C7H15NO/c1-7(9)4-2-3-5-8-6-7/h8-9H,2-6H2,1H3/t7-/m0/s1. The minimum Gasteiger partial charge on any atom is -0.389 e. The molecule has 0 aliphatic carbocycles. The van der Waals surface area contributed by atoms with Gasteiger partial charge in [-0.05, 0) is 32.7 Å². The van der Waals surface area contributed by atoms with Gasteiger partial charge in [-0.3, -0.25) is 0 Å². The molecule has 2 nitrogen and oxygen atoms in total. The fourth-order valence-corrected chi connectivity index (χ4v) is 1.20. The molecule has 0 saturated carbocycles. The molecule has 0 aromatic rings. The molecule has 0 unspecified atom stereocenters. The molecule has 1 aliphatic heterocycles. The Morgan fingerprint density at radius 3 is 3.00 bits per heavy atom. The van der Waals surface area contributed by atoms with E-state index < -0.39 is 5.60 Å². The molecule has 0 amide bonds. The maximum atomic E-state index is 9.49. The van der Waals surface area contributed by atoms with E-state index in [1.165, 1.54) is 6.42 Å². The average molecular weight is 129 g/mol. The monoisotopic (exact) mass is 129 g/mol. The van der Waals surface area contributed by atoms with Crippen molar-refractivity contribution in [2.45, 2.75) is 31.8 Å². The number of hydrogen-bond acceptors (Lipinski definition) is 2. The van der Waals surface area contributed by atoms with Crippen LogP contribution in [-0.4, -0.2) is 23.8 Å². The van der Waals surface area contributed by atoms with Crippen molar-refractivity contribution in [2.24, 2.45) is 0 Å². The minimum absolute atomic E-state index is 0.448. The summed E-state index contributed by atoms with van der Waals surface area (Å²) in [6, 6.07) is 0. The van der Waals surface area contributed by atoms with Gasteiger partial charge in [0.15, 0.2) is 0 Å². The van der Waals surface area contributed by atoms with Crippen LogP contribution in [0, 0.1) is 0 Å². The Hall–Kier alpha value is -0.0800. The van der Waals surface area contributed by atoms with Crippen LogP contribution in [0.5, 0.6) is 0 Å². The van der Waals surface area contributed by atoms with Crippen molar-refractivity contribution >= 4 is 0 Å². The summed E-state index contributed by atoms with van der Waals surface area (Å²) >= 11 is 0. The molecule has 54 valence electrons. The van der Waals surface area contributed by atoms with Gasteiger partial charge in [-0.25, -0.2) is 0 Å². The largest absolute Gasteiger partial charge is 0.389 e. The summed E-state index contributed by atoms with van der Waals surface area (Å²) in [5.74, 6) is 0. The molecule has 2 heteroatoms. The van der Waals surface area contributed by atoms with Crippen LogP contribution in [0.25, 0.3) is 0 Å². The fraction of sp³-hybridized carbons (Fsp3) is 1.00. The lowest BCUT2D eigenvalue weighted by molar-refractivity contribution is 0.0560. The van der Waals surface area contributed by atoms with Crippen molar-refractivity contribution in [3.05, 3.63) is 0 Å². The first-order valence-electron chi connectivity index (χ1n) is 3.64. The topological polar surface area (TPSA) is 32.3 Å². The molecule has 9 heavy (non-hydrogen) atoms. The summed E-state index contributed by atoms with van der Waals surface area (Å²) in [4.78, 5) is 0. The van der Waals surface area contributed by atoms with Crippen LogP contribution in [0.1, 0.15) is 26.2 Å². The molecule has 1 atom stereocenters. The summed E-state index contributed by atoms with van der Waals surface area (Å²) in [5.41, 5.74) is -0.448. The maximum Gasteiger partial charge on any atom is 0.0743 e. The SMILES string of the molecule is C[C@]1(O)CCCCNC1. The maximum absolute atomic E-state index is 9.49. The number of nitrogens with one attached hydrogen (secondary N) is 1. The molecular formula is C7H15NO. The molecule has 1 saturated heterocycles. The average Bonchev–Trinajstić information content (AvgIpc) is 1.92. The van der Waals surface area contributed by atoms with Crippen LogP contribution in [-0.2, 0) is 0 Å². The highest BCUT2D eigenvalue weighted by molar-refractivity contribution is 4.77. The predicted octanol–water partition coefficient (Wildman–Crippen LogP) is 0.511. The van der Waals surface area contributed by atoms with Gasteiger partial charge in [0.25, 0.3) is 0 Å². The van der Waals surface area contributed by atoms with E-state index in [1.807, 2.05) is 6.92 Å². The highest BCUT2D eigenvalue weighted by Gasteiger charge is 2.20. The van der Waals surface area contributed by atoms with Gasteiger partial charge >= 0.3 is 0 Å². The second-order valence-corrected chi connectivity index (χ2v) is 3.13. The first-order valence-corrected chi connectivity index (χ1v) is 3.64. The van der Waals surface area contributed by atoms with Crippen molar-refractivity contribution in [2.75, 3.05) is 13.1 Å². The zero-order valence-corrected chi connectivity index (χ0v) is 5.98. The Morgan fingerprint density at radius 2 is 2.22 bits per heavy atom. The lowest BCUT2D eigenvalue weighted by Gasteiger charge is -2.19. The lowest BCUT2D eigenvalue weighted by Crippen LogP contribution is -2.35. The molecule has 0 radical (unpaired) electrons. The van der Waals surface area contributed by atoms with Crippen molar-refractivity contribution in [1.82, 2.24) is 5.32 Å². The molecule has 1 fully saturated rings. The van der Waals surface area contributed by atoms with Crippen LogP contribution in [0.2, 0.25) is 0 Å². The molecule has 0 bridgehead atoms. The number of β-amino-alcohol motifs (C(OH)–C–C–N with tert-alkyl or cyclic N) is 1. The van der Waals surface area contributed by atoms with Gasteiger partial charge in [0.1, 0.15) is 0 Å². The van der Waals surface area contributed by atoms with Gasteiger partial charge < -0.3 is 10.4 Å². The Balaban J connectivity index is 2.36. The van der Waals surface area contributed by atoms with Crippen molar-refractivity contribution in [3.63, 3.8) is 0 Å². The molecule has 0 aromatic heterocycles. The van der Waals surface area contributed by atoms with Gasteiger partial charge in [-0.1, -0.05) is 0 Å². The van der Waals surface area contributed by atoms with Crippen LogP contribution >= 0.6 is 0 Å². The van der Waals surface area contributed by atoms with Crippen LogP contribution in [0.3, 0.4) is 0 Å². The third-order valence-electron chi connectivity index (χ3n) is 1.82. The highest BCUT2D eigenvalue weighted by atomic mass is 16.3. The number of aliphatic hydroxyl groups is 1. The summed E-state index contributed by atoms with van der Waals surface area (Å²) in [6.07, 6.45) is 3.30. The molecule has 1 aliphatic rings. The van der Waals surface area contributed by atoms with Gasteiger partial charge in [0, 0.05) is 6.54 Å². The Bertz CT molecular complexity index is 80.9.